The van der Waals surface area contributed by atoms with Crippen molar-refractivity contribution in [3.05, 3.63) is 0 Å². The third-order valence-electron chi connectivity index (χ3n) is 4.49. The van der Waals surface area contributed by atoms with Crippen LogP contribution in [0.15, 0.2) is 0 Å². The molecule has 0 aromatic rings. The van der Waals surface area contributed by atoms with Crippen LogP contribution in [-0.4, -0.2) is 13.0 Å². The Morgan fingerprint density at radius 2 is 1.83 bits per heavy atom. The lowest BCUT2D eigenvalue weighted by molar-refractivity contribution is -0.126. The molecule has 1 atom stereocenters. The van der Waals surface area contributed by atoms with Crippen molar-refractivity contribution >= 4 is 5.91 Å². The number of unbranched alkanes of at least 4 members (excludes halogenated alkanes) is 1. The molecular weight excluding hydrogens is 222 g/mol. The van der Waals surface area contributed by atoms with Crippen molar-refractivity contribution in [1.29, 1.82) is 0 Å². The first-order chi connectivity index (χ1) is 8.65. The van der Waals surface area contributed by atoms with E-state index in [1.165, 1.54) is 51.4 Å². The van der Waals surface area contributed by atoms with Gasteiger partial charge in [-0.25, -0.2) is 0 Å². The van der Waals surface area contributed by atoms with Crippen LogP contribution < -0.4 is 5.32 Å². The summed E-state index contributed by atoms with van der Waals surface area (Å²) < 4.78 is 0. The molecule has 0 aliphatic heterocycles. The zero-order chi connectivity index (χ0) is 13.4. The van der Waals surface area contributed by atoms with E-state index in [-0.39, 0.29) is 11.8 Å². The van der Waals surface area contributed by atoms with Gasteiger partial charge in [0.25, 0.3) is 0 Å². The average molecular weight is 253 g/mol. The summed E-state index contributed by atoms with van der Waals surface area (Å²) in [6, 6.07) is 0. The summed E-state index contributed by atoms with van der Waals surface area (Å²) >= 11 is 0. The highest BCUT2D eigenvalue weighted by Crippen LogP contribution is 2.28. The van der Waals surface area contributed by atoms with Crippen LogP contribution in [0.4, 0.5) is 0 Å². The van der Waals surface area contributed by atoms with Crippen molar-refractivity contribution in [2.45, 2.75) is 71.6 Å². The Balaban J connectivity index is 2.16. The summed E-state index contributed by atoms with van der Waals surface area (Å²) in [4.78, 5) is 11.7. The van der Waals surface area contributed by atoms with Gasteiger partial charge in [0.05, 0.1) is 0 Å². The minimum atomic E-state index is 0.210. The molecule has 1 rings (SSSR count). The molecule has 1 amide bonds. The van der Waals surface area contributed by atoms with Crippen molar-refractivity contribution in [2.75, 3.05) is 7.05 Å². The second-order valence-electron chi connectivity index (χ2n) is 6.25. The minimum absolute atomic E-state index is 0.210. The van der Waals surface area contributed by atoms with Crippen LogP contribution in [0.2, 0.25) is 0 Å². The smallest absolute Gasteiger partial charge is 0.223 e. The van der Waals surface area contributed by atoms with E-state index in [4.69, 9.17) is 0 Å². The van der Waals surface area contributed by atoms with E-state index >= 15 is 0 Å². The molecular formula is C16H31NO. The zero-order valence-corrected chi connectivity index (χ0v) is 12.5. The molecule has 0 bridgehead atoms. The maximum Gasteiger partial charge on any atom is 0.223 e. The molecule has 2 nitrogen and oxygen atoms in total. The van der Waals surface area contributed by atoms with Gasteiger partial charge in [-0.15, -0.1) is 0 Å². The van der Waals surface area contributed by atoms with E-state index in [9.17, 15) is 4.79 Å². The van der Waals surface area contributed by atoms with Crippen molar-refractivity contribution < 1.29 is 4.79 Å². The molecule has 0 aromatic heterocycles. The zero-order valence-electron chi connectivity index (χ0n) is 12.5. The average Bonchev–Trinajstić information content (AvgIpc) is 2.38. The lowest BCUT2D eigenvalue weighted by Gasteiger charge is -2.22. The van der Waals surface area contributed by atoms with Crippen LogP contribution in [0.5, 0.6) is 0 Å². The molecule has 1 saturated carbocycles. The van der Waals surface area contributed by atoms with Gasteiger partial charge in [0.1, 0.15) is 0 Å². The van der Waals surface area contributed by atoms with E-state index in [0.29, 0.717) is 5.92 Å². The first-order valence-electron chi connectivity index (χ1n) is 7.86. The van der Waals surface area contributed by atoms with E-state index in [1.807, 2.05) is 0 Å². The van der Waals surface area contributed by atoms with E-state index in [0.717, 1.165) is 12.3 Å². The van der Waals surface area contributed by atoms with Gasteiger partial charge in [0.2, 0.25) is 5.91 Å². The van der Waals surface area contributed by atoms with Gasteiger partial charge in [0.15, 0.2) is 0 Å². The van der Waals surface area contributed by atoms with Gasteiger partial charge in [-0.2, -0.15) is 0 Å². The standard InChI is InChI=1S/C16H31NO/c1-13(2)15(16(18)17-3)12-8-7-11-14-9-5-4-6-10-14/h13-15H,4-12H2,1-3H3,(H,17,18). The second-order valence-corrected chi connectivity index (χ2v) is 6.25. The lowest BCUT2D eigenvalue weighted by Crippen LogP contribution is -2.30. The first-order valence-corrected chi connectivity index (χ1v) is 7.86. The maximum absolute atomic E-state index is 11.7. The van der Waals surface area contributed by atoms with Crippen LogP contribution in [0.3, 0.4) is 0 Å². The molecule has 1 unspecified atom stereocenters. The topological polar surface area (TPSA) is 29.1 Å². The van der Waals surface area contributed by atoms with Crippen LogP contribution in [0.1, 0.15) is 71.6 Å². The highest BCUT2D eigenvalue weighted by atomic mass is 16.1. The number of rotatable bonds is 7. The Labute approximate surface area is 113 Å². The van der Waals surface area contributed by atoms with E-state index < -0.39 is 0 Å². The number of carbonyl (C=O) groups is 1. The molecule has 0 radical (unpaired) electrons. The van der Waals surface area contributed by atoms with Gasteiger partial charge in [0, 0.05) is 13.0 Å². The highest BCUT2D eigenvalue weighted by Gasteiger charge is 2.20. The van der Waals surface area contributed by atoms with Crippen molar-refractivity contribution in [1.82, 2.24) is 5.32 Å². The van der Waals surface area contributed by atoms with Crippen molar-refractivity contribution in [2.24, 2.45) is 17.8 Å². The predicted molar refractivity (Wildman–Crippen MR) is 77.4 cm³/mol. The van der Waals surface area contributed by atoms with E-state index in [1.54, 1.807) is 7.05 Å². The Hall–Kier alpha value is -0.530. The summed E-state index contributed by atoms with van der Waals surface area (Å²) in [6.07, 6.45) is 12.2. The molecule has 0 saturated heterocycles. The predicted octanol–water partition coefficient (Wildman–Crippen LogP) is 4.15. The fourth-order valence-corrected chi connectivity index (χ4v) is 3.23. The van der Waals surface area contributed by atoms with Gasteiger partial charge in [-0.1, -0.05) is 65.2 Å². The van der Waals surface area contributed by atoms with Gasteiger partial charge < -0.3 is 5.32 Å². The molecule has 0 aromatic carbocycles. The van der Waals surface area contributed by atoms with E-state index in [2.05, 4.69) is 19.2 Å². The first kappa shape index (κ1) is 15.5. The molecule has 1 aliphatic rings. The Bertz CT molecular complexity index is 231. The second kappa shape index (κ2) is 8.55. The monoisotopic (exact) mass is 253 g/mol. The number of hydrogen-bond donors (Lipinski definition) is 1. The third-order valence-corrected chi connectivity index (χ3v) is 4.49. The summed E-state index contributed by atoms with van der Waals surface area (Å²) in [5, 5.41) is 2.80. The van der Waals surface area contributed by atoms with Gasteiger partial charge in [-0.05, 0) is 18.3 Å². The lowest BCUT2D eigenvalue weighted by atomic mass is 9.84. The fourth-order valence-electron chi connectivity index (χ4n) is 3.23. The molecule has 18 heavy (non-hydrogen) atoms. The van der Waals surface area contributed by atoms with Crippen LogP contribution in [0, 0.1) is 17.8 Å². The normalized spacial score (nSPS) is 18.9. The minimum Gasteiger partial charge on any atom is -0.359 e. The van der Waals surface area contributed by atoms with Crippen molar-refractivity contribution in [3.8, 4) is 0 Å². The number of hydrogen-bond acceptors (Lipinski definition) is 1. The number of nitrogens with one attached hydrogen (secondary N) is 1. The van der Waals surface area contributed by atoms with Crippen LogP contribution >= 0.6 is 0 Å². The summed E-state index contributed by atoms with van der Waals surface area (Å²) in [6.45, 7) is 4.31. The fraction of sp³-hybridized carbons (Fsp3) is 0.938. The van der Waals surface area contributed by atoms with Crippen LogP contribution in [0.25, 0.3) is 0 Å². The van der Waals surface area contributed by atoms with Crippen LogP contribution in [-0.2, 0) is 4.79 Å². The quantitative estimate of drug-likeness (QED) is 0.679. The highest BCUT2D eigenvalue weighted by molar-refractivity contribution is 5.78. The van der Waals surface area contributed by atoms with Gasteiger partial charge >= 0.3 is 0 Å². The summed E-state index contributed by atoms with van der Waals surface area (Å²) in [5.74, 6) is 1.87. The summed E-state index contributed by atoms with van der Waals surface area (Å²) in [7, 11) is 1.75. The third kappa shape index (κ3) is 5.41. The Kier molecular flexibility index (Phi) is 7.38. The molecule has 1 fully saturated rings. The maximum atomic E-state index is 11.7. The number of amides is 1. The Morgan fingerprint density at radius 1 is 1.17 bits per heavy atom. The summed E-state index contributed by atoms with van der Waals surface area (Å²) in [5.41, 5.74) is 0. The van der Waals surface area contributed by atoms with Crippen molar-refractivity contribution in [3.63, 3.8) is 0 Å². The number of carbonyl (C=O) groups excluding carboxylic acids is 1. The van der Waals surface area contributed by atoms with Gasteiger partial charge in [-0.3, -0.25) is 4.79 Å². The Morgan fingerprint density at radius 3 is 2.39 bits per heavy atom. The largest absolute Gasteiger partial charge is 0.359 e. The molecule has 0 heterocycles. The molecule has 2 heteroatoms. The SMILES string of the molecule is CNC(=O)C(CCCCC1CCCCC1)C(C)C. The molecule has 1 N–H and O–H groups in total. The molecule has 106 valence electrons. The molecule has 0 spiro atoms. The molecule has 1 aliphatic carbocycles.